The van der Waals surface area contributed by atoms with Crippen LogP contribution in [0.4, 0.5) is 0 Å². The quantitative estimate of drug-likeness (QED) is 0.457. The van der Waals surface area contributed by atoms with Crippen LogP contribution >= 0.6 is 23.1 Å². The summed E-state index contributed by atoms with van der Waals surface area (Å²) in [6, 6.07) is 0. The van der Waals surface area contributed by atoms with Gasteiger partial charge in [-0.1, -0.05) is 0 Å². The van der Waals surface area contributed by atoms with E-state index in [9.17, 15) is 0 Å². The summed E-state index contributed by atoms with van der Waals surface area (Å²) in [7, 11) is 1.80. The van der Waals surface area contributed by atoms with Gasteiger partial charge in [-0.15, -0.1) is 11.3 Å². The lowest BCUT2D eigenvalue weighted by Gasteiger charge is -2.10. The van der Waals surface area contributed by atoms with Gasteiger partial charge in [0, 0.05) is 37.6 Å². The van der Waals surface area contributed by atoms with E-state index in [0.29, 0.717) is 0 Å². The van der Waals surface area contributed by atoms with Gasteiger partial charge in [0.05, 0.1) is 5.01 Å². The van der Waals surface area contributed by atoms with Crippen molar-refractivity contribution in [3.05, 3.63) is 16.1 Å². The predicted molar refractivity (Wildman–Crippen MR) is 82.9 cm³/mol. The highest BCUT2D eigenvalue weighted by Crippen LogP contribution is 2.10. The number of thioether (sulfide) groups is 1. The number of aliphatic imine (C=N–C) groups is 1. The van der Waals surface area contributed by atoms with Crippen molar-refractivity contribution in [3.63, 3.8) is 0 Å². The van der Waals surface area contributed by atoms with Crippen LogP contribution in [0.15, 0.2) is 11.2 Å². The number of guanidine groups is 1. The Hall–Kier alpha value is -0.750. The number of thiazole rings is 1. The van der Waals surface area contributed by atoms with Crippen molar-refractivity contribution in [2.75, 3.05) is 32.1 Å². The Bertz CT molecular complexity index is 363. The predicted octanol–water partition coefficient (Wildman–Crippen LogP) is 1.91. The standard InChI is InChI=1S/C12H22N4S2/c1-10-9-16-11(18-10)5-7-15-12(13-2)14-6-4-8-17-3/h9H,4-8H2,1-3H3,(H2,13,14,15). The fourth-order valence-electron chi connectivity index (χ4n) is 1.45. The molecule has 4 nitrogen and oxygen atoms in total. The lowest BCUT2D eigenvalue weighted by Crippen LogP contribution is -2.38. The molecule has 2 N–H and O–H groups in total. The van der Waals surface area contributed by atoms with Gasteiger partial charge in [-0.2, -0.15) is 11.8 Å². The minimum absolute atomic E-state index is 0.870. The Kier molecular flexibility index (Phi) is 7.84. The van der Waals surface area contributed by atoms with E-state index >= 15 is 0 Å². The Morgan fingerprint density at radius 2 is 2.22 bits per heavy atom. The number of nitrogens with zero attached hydrogens (tertiary/aromatic N) is 2. The Balaban J connectivity index is 2.15. The van der Waals surface area contributed by atoms with Crippen molar-refractivity contribution in [1.29, 1.82) is 0 Å². The third-order valence-corrected chi connectivity index (χ3v) is 4.01. The number of nitrogens with one attached hydrogen (secondary N) is 2. The highest BCUT2D eigenvalue weighted by atomic mass is 32.2. The van der Waals surface area contributed by atoms with Crippen LogP contribution in [-0.2, 0) is 6.42 Å². The maximum absolute atomic E-state index is 4.34. The van der Waals surface area contributed by atoms with E-state index in [1.807, 2.05) is 18.0 Å². The Labute approximate surface area is 118 Å². The summed E-state index contributed by atoms with van der Waals surface area (Å²) in [5, 5.41) is 7.79. The van der Waals surface area contributed by atoms with E-state index in [0.717, 1.165) is 31.9 Å². The maximum atomic E-state index is 4.34. The molecule has 102 valence electrons. The number of aromatic nitrogens is 1. The molecule has 0 saturated carbocycles. The smallest absolute Gasteiger partial charge is 0.190 e. The zero-order valence-corrected chi connectivity index (χ0v) is 13.0. The first kappa shape index (κ1) is 15.3. The van der Waals surface area contributed by atoms with Crippen molar-refractivity contribution in [2.24, 2.45) is 4.99 Å². The molecule has 0 amide bonds. The van der Waals surface area contributed by atoms with Crippen LogP contribution in [0, 0.1) is 6.92 Å². The molecular weight excluding hydrogens is 264 g/mol. The van der Waals surface area contributed by atoms with Gasteiger partial charge < -0.3 is 10.6 Å². The van der Waals surface area contributed by atoms with Crippen LogP contribution in [0.3, 0.4) is 0 Å². The Morgan fingerprint density at radius 3 is 2.83 bits per heavy atom. The number of hydrogen-bond donors (Lipinski definition) is 2. The first-order valence-corrected chi connectivity index (χ1v) is 8.32. The van der Waals surface area contributed by atoms with E-state index in [4.69, 9.17) is 0 Å². The molecule has 1 rings (SSSR count). The summed E-state index contributed by atoms with van der Waals surface area (Å²) in [5.74, 6) is 2.06. The lowest BCUT2D eigenvalue weighted by atomic mass is 10.4. The maximum Gasteiger partial charge on any atom is 0.190 e. The molecule has 18 heavy (non-hydrogen) atoms. The fraction of sp³-hybridized carbons (Fsp3) is 0.667. The van der Waals surface area contributed by atoms with Crippen LogP contribution in [0.25, 0.3) is 0 Å². The zero-order valence-electron chi connectivity index (χ0n) is 11.3. The Morgan fingerprint density at radius 1 is 1.44 bits per heavy atom. The lowest BCUT2D eigenvalue weighted by molar-refractivity contribution is 0.775. The average molecular weight is 286 g/mol. The van der Waals surface area contributed by atoms with E-state index < -0.39 is 0 Å². The molecule has 0 aliphatic carbocycles. The minimum atomic E-state index is 0.870. The van der Waals surface area contributed by atoms with Crippen LogP contribution < -0.4 is 10.6 Å². The second-order valence-corrected chi connectivity index (χ2v) is 6.19. The third kappa shape index (κ3) is 6.26. The molecule has 1 heterocycles. The van der Waals surface area contributed by atoms with Crippen LogP contribution in [0.1, 0.15) is 16.3 Å². The van der Waals surface area contributed by atoms with Crippen molar-refractivity contribution in [1.82, 2.24) is 15.6 Å². The first-order chi connectivity index (χ1) is 8.76. The molecule has 0 spiro atoms. The van der Waals surface area contributed by atoms with Gasteiger partial charge in [0.25, 0.3) is 0 Å². The van der Waals surface area contributed by atoms with Gasteiger partial charge in [0.1, 0.15) is 0 Å². The van der Waals surface area contributed by atoms with E-state index in [2.05, 4.69) is 33.8 Å². The van der Waals surface area contributed by atoms with Crippen molar-refractivity contribution >= 4 is 29.1 Å². The number of rotatable bonds is 7. The van der Waals surface area contributed by atoms with Crippen LogP contribution in [0.5, 0.6) is 0 Å². The summed E-state index contributed by atoms with van der Waals surface area (Å²) in [4.78, 5) is 9.80. The zero-order chi connectivity index (χ0) is 13.2. The molecule has 0 unspecified atom stereocenters. The summed E-state index contributed by atoms with van der Waals surface area (Å²) in [6.07, 6.45) is 6.16. The van der Waals surface area contributed by atoms with Crippen LogP contribution in [0.2, 0.25) is 0 Å². The summed E-state index contributed by atoms with van der Waals surface area (Å²) in [5.41, 5.74) is 0. The normalized spacial score (nSPS) is 11.6. The molecule has 6 heteroatoms. The third-order valence-electron chi connectivity index (χ3n) is 2.34. The summed E-state index contributed by atoms with van der Waals surface area (Å²) >= 11 is 3.63. The molecule has 0 bridgehead atoms. The van der Waals surface area contributed by atoms with Gasteiger partial charge in [0.15, 0.2) is 5.96 Å². The van der Waals surface area contributed by atoms with Gasteiger partial charge >= 0.3 is 0 Å². The molecule has 1 aromatic heterocycles. The summed E-state index contributed by atoms with van der Waals surface area (Å²) < 4.78 is 0. The van der Waals surface area contributed by atoms with Crippen LogP contribution in [-0.4, -0.2) is 43.1 Å². The largest absolute Gasteiger partial charge is 0.356 e. The molecule has 0 saturated heterocycles. The summed E-state index contributed by atoms with van der Waals surface area (Å²) in [6.45, 7) is 3.92. The van der Waals surface area contributed by atoms with E-state index in [-0.39, 0.29) is 0 Å². The number of hydrogen-bond acceptors (Lipinski definition) is 4. The molecule has 0 radical (unpaired) electrons. The molecule has 0 fully saturated rings. The minimum Gasteiger partial charge on any atom is -0.356 e. The topological polar surface area (TPSA) is 49.3 Å². The number of aryl methyl sites for hydroxylation is 1. The van der Waals surface area contributed by atoms with Gasteiger partial charge in [-0.3, -0.25) is 4.99 Å². The molecule has 1 aromatic rings. The monoisotopic (exact) mass is 286 g/mol. The van der Waals surface area contributed by atoms with Crippen molar-refractivity contribution in [2.45, 2.75) is 19.8 Å². The van der Waals surface area contributed by atoms with Gasteiger partial charge in [-0.05, 0) is 25.4 Å². The molecule has 0 aliphatic heterocycles. The molecule has 0 aromatic carbocycles. The second-order valence-electron chi connectivity index (χ2n) is 3.89. The van der Waals surface area contributed by atoms with E-state index in [1.165, 1.54) is 15.6 Å². The first-order valence-electron chi connectivity index (χ1n) is 6.11. The fourth-order valence-corrected chi connectivity index (χ4v) is 2.67. The van der Waals surface area contributed by atoms with E-state index in [1.54, 1.807) is 18.4 Å². The van der Waals surface area contributed by atoms with Gasteiger partial charge in [-0.25, -0.2) is 4.98 Å². The highest BCUT2D eigenvalue weighted by molar-refractivity contribution is 7.98. The molecular formula is C12H22N4S2. The van der Waals surface area contributed by atoms with Gasteiger partial charge in [0.2, 0.25) is 0 Å². The average Bonchev–Trinajstić information content (AvgIpc) is 2.78. The molecule has 0 aliphatic rings. The SMILES string of the molecule is CN=C(NCCCSC)NCCc1ncc(C)s1. The molecule has 0 atom stereocenters. The van der Waals surface area contributed by atoms with Crippen molar-refractivity contribution in [3.8, 4) is 0 Å². The highest BCUT2D eigenvalue weighted by Gasteiger charge is 2.00. The second kappa shape index (κ2) is 9.22. The van der Waals surface area contributed by atoms with Crippen molar-refractivity contribution < 1.29 is 0 Å².